The first-order valence-electron chi connectivity index (χ1n) is 5.41. The van der Waals surface area contributed by atoms with Crippen molar-refractivity contribution >= 4 is 17.7 Å². The predicted molar refractivity (Wildman–Crippen MR) is 67.6 cm³/mol. The van der Waals surface area contributed by atoms with E-state index in [1.54, 1.807) is 10.9 Å². The van der Waals surface area contributed by atoms with Crippen LogP contribution in [-0.4, -0.2) is 36.2 Å². The standard InChI is InChI=1S/C11H14N4O2S/c1-8-5-15(6-9-3-4-12-14(9)2)11(13-8)18-7-10(16)17/h3-5H,6-7H2,1-2H3,(H,16,17). The summed E-state index contributed by atoms with van der Waals surface area (Å²) in [4.78, 5) is 14.9. The number of aromatic nitrogens is 4. The van der Waals surface area contributed by atoms with Gasteiger partial charge in [-0.05, 0) is 13.0 Å². The van der Waals surface area contributed by atoms with Gasteiger partial charge in [0.2, 0.25) is 0 Å². The first kappa shape index (κ1) is 12.7. The van der Waals surface area contributed by atoms with Gasteiger partial charge in [0.15, 0.2) is 5.16 Å². The summed E-state index contributed by atoms with van der Waals surface area (Å²) in [6.45, 7) is 2.53. The number of hydrogen-bond donors (Lipinski definition) is 1. The van der Waals surface area contributed by atoms with Crippen LogP contribution in [0.3, 0.4) is 0 Å². The molecule has 2 rings (SSSR count). The van der Waals surface area contributed by atoms with Crippen LogP contribution in [0.25, 0.3) is 0 Å². The Bertz CT molecular complexity index is 561. The molecule has 0 amide bonds. The van der Waals surface area contributed by atoms with Crippen LogP contribution < -0.4 is 0 Å². The van der Waals surface area contributed by atoms with E-state index in [1.807, 2.05) is 30.8 Å². The Balaban J connectivity index is 2.17. The Kier molecular flexibility index (Phi) is 3.71. The Hall–Kier alpha value is -1.76. The molecule has 0 aromatic carbocycles. The Morgan fingerprint density at radius 3 is 2.94 bits per heavy atom. The summed E-state index contributed by atoms with van der Waals surface area (Å²) < 4.78 is 3.74. The van der Waals surface area contributed by atoms with E-state index in [0.29, 0.717) is 6.54 Å². The summed E-state index contributed by atoms with van der Waals surface area (Å²) in [6, 6.07) is 1.93. The van der Waals surface area contributed by atoms with Crippen LogP contribution in [-0.2, 0) is 18.4 Å². The number of nitrogens with zero attached hydrogens (tertiary/aromatic N) is 4. The third-order valence-corrected chi connectivity index (χ3v) is 3.42. The molecule has 0 unspecified atom stereocenters. The van der Waals surface area contributed by atoms with E-state index >= 15 is 0 Å². The van der Waals surface area contributed by atoms with Crippen LogP contribution in [0.2, 0.25) is 0 Å². The fourth-order valence-electron chi connectivity index (χ4n) is 1.61. The van der Waals surface area contributed by atoms with Crippen LogP contribution in [0.15, 0.2) is 23.6 Å². The van der Waals surface area contributed by atoms with Crippen molar-refractivity contribution in [2.24, 2.45) is 7.05 Å². The van der Waals surface area contributed by atoms with Crippen molar-refractivity contribution in [1.82, 2.24) is 19.3 Å². The van der Waals surface area contributed by atoms with Crippen molar-refractivity contribution in [3.8, 4) is 0 Å². The second-order valence-electron chi connectivity index (χ2n) is 3.92. The van der Waals surface area contributed by atoms with Gasteiger partial charge < -0.3 is 9.67 Å². The van der Waals surface area contributed by atoms with Crippen molar-refractivity contribution in [3.05, 3.63) is 29.8 Å². The molecule has 0 radical (unpaired) electrons. The molecule has 0 saturated heterocycles. The highest BCUT2D eigenvalue weighted by Gasteiger charge is 2.10. The second-order valence-corrected chi connectivity index (χ2v) is 4.86. The average molecular weight is 266 g/mol. The quantitative estimate of drug-likeness (QED) is 0.822. The molecule has 0 aliphatic rings. The summed E-state index contributed by atoms with van der Waals surface area (Å²) in [5, 5.41) is 13.5. The highest BCUT2D eigenvalue weighted by atomic mass is 32.2. The summed E-state index contributed by atoms with van der Waals surface area (Å²) in [5.74, 6) is -0.824. The van der Waals surface area contributed by atoms with Crippen LogP contribution in [0.1, 0.15) is 11.4 Å². The SMILES string of the molecule is Cc1cn(Cc2ccnn2C)c(SCC(=O)O)n1. The molecule has 1 N–H and O–H groups in total. The number of imidazole rings is 1. The summed E-state index contributed by atoms with van der Waals surface area (Å²) >= 11 is 1.23. The zero-order valence-electron chi connectivity index (χ0n) is 10.2. The fraction of sp³-hybridized carbons (Fsp3) is 0.364. The van der Waals surface area contributed by atoms with Gasteiger partial charge in [-0.1, -0.05) is 11.8 Å². The molecule has 0 bridgehead atoms. The normalized spacial score (nSPS) is 10.8. The molecule has 0 spiro atoms. The monoisotopic (exact) mass is 266 g/mol. The molecule has 7 heteroatoms. The van der Waals surface area contributed by atoms with E-state index < -0.39 is 5.97 Å². The van der Waals surface area contributed by atoms with Crippen molar-refractivity contribution < 1.29 is 9.90 Å². The van der Waals surface area contributed by atoms with Gasteiger partial charge in [0.25, 0.3) is 0 Å². The first-order chi connectivity index (χ1) is 8.56. The molecule has 0 saturated carbocycles. The molecule has 96 valence electrons. The summed E-state index contributed by atoms with van der Waals surface area (Å²) in [5.41, 5.74) is 1.93. The molecule has 0 atom stereocenters. The largest absolute Gasteiger partial charge is 0.481 e. The Morgan fingerprint density at radius 2 is 2.33 bits per heavy atom. The maximum absolute atomic E-state index is 10.6. The molecule has 0 aliphatic carbocycles. The lowest BCUT2D eigenvalue weighted by molar-refractivity contribution is -0.133. The van der Waals surface area contributed by atoms with Crippen LogP contribution >= 0.6 is 11.8 Å². The van der Waals surface area contributed by atoms with Gasteiger partial charge >= 0.3 is 5.97 Å². The number of hydrogen-bond acceptors (Lipinski definition) is 4. The minimum atomic E-state index is -0.840. The van der Waals surface area contributed by atoms with Gasteiger partial charge in [0.1, 0.15) is 0 Å². The van der Waals surface area contributed by atoms with E-state index in [2.05, 4.69) is 10.1 Å². The molecule has 18 heavy (non-hydrogen) atoms. The average Bonchev–Trinajstić information content (AvgIpc) is 2.84. The van der Waals surface area contributed by atoms with Gasteiger partial charge in [-0.3, -0.25) is 9.48 Å². The van der Waals surface area contributed by atoms with Gasteiger partial charge in [0.05, 0.1) is 23.7 Å². The molecule has 2 heterocycles. The van der Waals surface area contributed by atoms with E-state index in [0.717, 1.165) is 16.5 Å². The van der Waals surface area contributed by atoms with Crippen molar-refractivity contribution in [3.63, 3.8) is 0 Å². The minimum absolute atomic E-state index is 0.0157. The lowest BCUT2D eigenvalue weighted by Gasteiger charge is -2.06. The van der Waals surface area contributed by atoms with Gasteiger partial charge in [-0.25, -0.2) is 4.98 Å². The smallest absolute Gasteiger partial charge is 0.313 e. The lowest BCUT2D eigenvalue weighted by Crippen LogP contribution is -2.07. The second kappa shape index (κ2) is 5.26. The molecular weight excluding hydrogens is 252 g/mol. The number of aryl methyl sites for hydroxylation is 2. The minimum Gasteiger partial charge on any atom is -0.481 e. The van der Waals surface area contributed by atoms with Gasteiger partial charge in [-0.2, -0.15) is 5.10 Å². The first-order valence-corrected chi connectivity index (χ1v) is 6.40. The molecular formula is C11H14N4O2S. The topological polar surface area (TPSA) is 72.9 Å². The number of rotatable bonds is 5. The Labute approximate surface area is 109 Å². The van der Waals surface area contributed by atoms with Crippen LogP contribution in [0.4, 0.5) is 0 Å². The van der Waals surface area contributed by atoms with Crippen LogP contribution in [0, 0.1) is 6.92 Å². The van der Waals surface area contributed by atoms with Crippen molar-refractivity contribution in [2.45, 2.75) is 18.6 Å². The molecule has 6 nitrogen and oxygen atoms in total. The predicted octanol–water partition coefficient (Wildman–Crippen LogP) is 1.15. The highest BCUT2D eigenvalue weighted by molar-refractivity contribution is 7.99. The Morgan fingerprint density at radius 1 is 1.56 bits per heavy atom. The molecule has 0 fully saturated rings. The van der Waals surface area contributed by atoms with Gasteiger partial charge in [-0.15, -0.1) is 0 Å². The zero-order valence-corrected chi connectivity index (χ0v) is 11.0. The van der Waals surface area contributed by atoms with Gasteiger partial charge in [0, 0.05) is 19.4 Å². The third-order valence-electron chi connectivity index (χ3n) is 2.44. The maximum atomic E-state index is 10.6. The number of carbonyl (C=O) groups is 1. The van der Waals surface area contributed by atoms with E-state index in [-0.39, 0.29) is 5.75 Å². The summed E-state index contributed by atoms with van der Waals surface area (Å²) in [7, 11) is 1.88. The van der Waals surface area contributed by atoms with Crippen molar-refractivity contribution in [1.29, 1.82) is 0 Å². The third kappa shape index (κ3) is 2.92. The molecule has 0 aliphatic heterocycles. The molecule has 2 aromatic rings. The number of thioether (sulfide) groups is 1. The van der Waals surface area contributed by atoms with Crippen LogP contribution in [0.5, 0.6) is 0 Å². The fourth-order valence-corrected chi connectivity index (χ4v) is 2.35. The lowest BCUT2D eigenvalue weighted by atomic mass is 10.4. The zero-order chi connectivity index (χ0) is 13.1. The van der Waals surface area contributed by atoms with E-state index in [9.17, 15) is 4.79 Å². The summed E-state index contributed by atoms with van der Waals surface area (Å²) in [6.07, 6.45) is 3.65. The van der Waals surface area contributed by atoms with Crippen molar-refractivity contribution in [2.75, 3.05) is 5.75 Å². The number of aliphatic carboxylic acids is 1. The highest BCUT2D eigenvalue weighted by Crippen LogP contribution is 2.18. The molecule has 2 aromatic heterocycles. The number of carboxylic acids is 1. The number of carboxylic acid groups (broad SMARTS) is 1. The maximum Gasteiger partial charge on any atom is 0.313 e. The van der Waals surface area contributed by atoms with E-state index in [1.165, 1.54) is 11.8 Å². The van der Waals surface area contributed by atoms with E-state index in [4.69, 9.17) is 5.11 Å².